The van der Waals surface area contributed by atoms with E-state index < -0.39 is 5.97 Å². The van der Waals surface area contributed by atoms with E-state index >= 15 is 0 Å². The van der Waals surface area contributed by atoms with Gasteiger partial charge in [-0.3, -0.25) is 9.69 Å². The first-order valence-electron chi connectivity index (χ1n) is 7.39. The second kappa shape index (κ2) is 6.68. The summed E-state index contributed by atoms with van der Waals surface area (Å²) in [5.74, 6) is -0.446. The monoisotopic (exact) mass is 296 g/mol. The molecular weight excluding hydrogens is 272 g/mol. The van der Waals surface area contributed by atoms with Crippen molar-refractivity contribution in [2.45, 2.75) is 64.5 Å². The maximum absolute atomic E-state index is 10.7. The predicted octanol–water partition coefficient (Wildman–Crippen LogP) is 3.14. The minimum Gasteiger partial charge on any atom is -0.481 e. The molecule has 5 heteroatoms. The Kier molecular flexibility index (Phi) is 5.16. The summed E-state index contributed by atoms with van der Waals surface area (Å²) in [7, 11) is 0. The van der Waals surface area contributed by atoms with Gasteiger partial charge in [-0.05, 0) is 26.7 Å². The predicted molar refractivity (Wildman–Crippen MR) is 81.3 cm³/mol. The minimum absolute atomic E-state index is 0.0275. The zero-order chi connectivity index (χ0) is 14.7. The zero-order valence-electron chi connectivity index (χ0n) is 12.5. The topological polar surface area (TPSA) is 53.4 Å². The van der Waals surface area contributed by atoms with Crippen molar-refractivity contribution in [2.75, 3.05) is 6.54 Å². The van der Waals surface area contributed by atoms with E-state index in [1.807, 2.05) is 5.38 Å². The molecule has 0 radical (unpaired) electrons. The molecular formula is C15H24N2O2S. The number of piperidine rings is 1. The molecule has 0 saturated carbocycles. The molecule has 2 heterocycles. The van der Waals surface area contributed by atoms with Crippen molar-refractivity contribution in [3.8, 4) is 0 Å². The molecule has 4 nitrogen and oxygen atoms in total. The van der Waals surface area contributed by atoms with E-state index in [2.05, 4.69) is 30.7 Å². The lowest BCUT2D eigenvalue weighted by atomic mass is 9.96. The van der Waals surface area contributed by atoms with Crippen molar-refractivity contribution in [3.05, 3.63) is 16.1 Å². The number of hydrogen-bond donors (Lipinski definition) is 1. The number of hydrogen-bond acceptors (Lipinski definition) is 4. The first kappa shape index (κ1) is 15.4. The number of aliphatic carboxylic acids is 1. The molecule has 0 amide bonds. The summed E-state index contributed by atoms with van der Waals surface area (Å²) in [5.41, 5.74) is 0.684. The summed E-state index contributed by atoms with van der Waals surface area (Å²) >= 11 is 1.59. The van der Waals surface area contributed by atoms with Gasteiger partial charge in [0.2, 0.25) is 0 Å². The highest BCUT2D eigenvalue weighted by Gasteiger charge is 2.27. The molecule has 1 aliphatic heterocycles. The summed E-state index contributed by atoms with van der Waals surface area (Å²) in [4.78, 5) is 17.8. The molecule has 1 aromatic heterocycles. The van der Waals surface area contributed by atoms with Gasteiger partial charge in [-0.15, -0.1) is 11.3 Å². The Labute approximate surface area is 124 Å². The van der Waals surface area contributed by atoms with Gasteiger partial charge in [0, 0.05) is 29.9 Å². The molecule has 1 aliphatic rings. The Balaban J connectivity index is 1.98. The van der Waals surface area contributed by atoms with Crippen LogP contribution in [0.15, 0.2) is 5.38 Å². The SMILES string of the molecule is CC(CN1C(C)CCCC1C)c1nc(CC(=O)O)cs1. The molecule has 0 spiro atoms. The standard InChI is InChI=1S/C15H24N2O2S/c1-10(8-17-11(2)5-4-6-12(17)3)15-16-13(9-20-15)7-14(18)19/h9-12H,4-8H2,1-3H3,(H,18,19). The number of rotatable bonds is 5. The van der Waals surface area contributed by atoms with E-state index in [-0.39, 0.29) is 6.42 Å². The van der Waals surface area contributed by atoms with Gasteiger partial charge in [-0.2, -0.15) is 0 Å². The second-order valence-electron chi connectivity index (χ2n) is 5.97. The highest BCUT2D eigenvalue weighted by molar-refractivity contribution is 7.09. The fraction of sp³-hybridized carbons (Fsp3) is 0.733. The third-order valence-electron chi connectivity index (χ3n) is 4.18. The summed E-state index contributed by atoms with van der Waals surface area (Å²) in [5, 5.41) is 11.7. The van der Waals surface area contributed by atoms with Crippen LogP contribution in [0.4, 0.5) is 0 Å². The van der Waals surface area contributed by atoms with Gasteiger partial charge in [0.1, 0.15) is 0 Å². The van der Waals surface area contributed by atoms with Crippen LogP contribution in [-0.4, -0.2) is 39.6 Å². The minimum atomic E-state index is -0.812. The van der Waals surface area contributed by atoms with Crippen molar-refractivity contribution in [2.24, 2.45) is 0 Å². The molecule has 1 aromatic rings. The van der Waals surface area contributed by atoms with Gasteiger partial charge >= 0.3 is 5.97 Å². The summed E-state index contributed by atoms with van der Waals surface area (Å²) in [6.07, 6.45) is 3.91. The molecule has 1 saturated heterocycles. The van der Waals surface area contributed by atoms with Gasteiger partial charge in [0.15, 0.2) is 0 Å². The Morgan fingerprint density at radius 3 is 2.75 bits per heavy atom. The van der Waals surface area contributed by atoms with E-state index in [0.29, 0.717) is 23.7 Å². The molecule has 20 heavy (non-hydrogen) atoms. The van der Waals surface area contributed by atoms with Gasteiger partial charge in [0.05, 0.1) is 17.1 Å². The molecule has 112 valence electrons. The van der Waals surface area contributed by atoms with Crippen LogP contribution in [0.25, 0.3) is 0 Å². The van der Waals surface area contributed by atoms with Crippen LogP contribution in [0.3, 0.4) is 0 Å². The largest absolute Gasteiger partial charge is 0.481 e. The molecule has 0 bridgehead atoms. The van der Waals surface area contributed by atoms with Crippen molar-refractivity contribution in [3.63, 3.8) is 0 Å². The van der Waals surface area contributed by atoms with Crippen molar-refractivity contribution in [1.82, 2.24) is 9.88 Å². The summed E-state index contributed by atoms with van der Waals surface area (Å²) in [6.45, 7) is 7.82. The third kappa shape index (κ3) is 3.79. The number of aromatic nitrogens is 1. The fourth-order valence-corrected chi connectivity index (χ4v) is 3.88. The lowest BCUT2D eigenvalue weighted by Crippen LogP contribution is -2.45. The highest BCUT2D eigenvalue weighted by atomic mass is 32.1. The Hall–Kier alpha value is -0.940. The molecule has 1 fully saturated rings. The maximum atomic E-state index is 10.7. The van der Waals surface area contributed by atoms with Crippen LogP contribution in [-0.2, 0) is 11.2 Å². The first-order valence-corrected chi connectivity index (χ1v) is 8.27. The maximum Gasteiger partial charge on any atom is 0.309 e. The van der Waals surface area contributed by atoms with Crippen LogP contribution in [0.5, 0.6) is 0 Å². The summed E-state index contributed by atoms with van der Waals surface area (Å²) < 4.78 is 0. The van der Waals surface area contributed by atoms with E-state index in [1.54, 1.807) is 11.3 Å². The third-order valence-corrected chi connectivity index (χ3v) is 5.31. The molecule has 0 aliphatic carbocycles. The van der Waals surface area contributed by atoms with Crippen LogP contribution in [0, 0.1) is 0 Å². The van der Waals surface area contributed by atoms with Gasteiger partial charge in [-0.25, -0.2) is 4.98 Å². The highest BCUT2D eigenvalue weighted by Crippen LogP contribution is 2.27. The van der Waals surface area contributed by atoms with Gasteiger partial charge < -0.3 is 5.11 Å². The van der Waals surface area contributed by atoms with Crippen molar-refractivity contribution in [1.29, 1.82) is 0 Å². The van der Waals surface area contributed by atoms with Gasteiger partial charge in [0.25, 0.3) is 0 Å². The lowest BCUT2D eigenvalue weighted by molar-refractivity contribution is -0.136. The Morgan fingerprint density at radius 2 is 2.15 bits per heavy atom. The Morgan fingerprint density at radius 1 is 1.50 bits per heavy atom. The van der Waals surface area contributed by atoms with E-state index in [4.69, 9.17) is 5.11 Å². The number of carboxylic acids is 1. The van der Waals surface area contributed by atoms with E-state index in [0.717, 1.165) is 11.6 Å². The summed E-state index contributed by atoms with van der Waals surface area (Å²) in [6, 6.07) is 1.28. The Bertz CT molecular complexity index is 450. The van der Waals surface area contributed by atoms with E-state index in [1.165, 1.54) is 19.3 Å². The number of thiazole rings is 1. The van der Waals surface area contributed by atoms with Crippen LogP contribution in [0.1, 0.15) is 56.7 Å². The zero-order valence-corrected chi connectivity index (χ0v) is 13.3. The number of likely N-dealkylation sites (tertiary alicyclic amines) is 1. The van der Waals surface area contributed by atoms with E-state index in [9.17, 15) is 4.79 Å². The number of nitrogens with zero attached hydrogens (tertiary/aromatic N) is 2. The smallest absolute Gasteiger partial charge is 0.309 e. The second-order valence-corrected chi connectivity index (χ2v) is 6.86. The van der Waals surface area contributed by atoms with Crippen molar-refractivity contribution < 1.29 is 9.90 Å². The van der Waals surface area contributed by atoms with Crippen LogP contribution >= 0.6 is 11.3 Å². The van der Waals surface area contributed by atoms with Crippen molar-refractivity contribution >= 4 is 17.3 Å². The average Bonchev–Trinajstić information content (AvgIpc) is 2.81. The molecule has 1 N–H and O–H groups in total. The van der Waals surface area contributed by atoms with Gasteiger partial charge in [-0.1, -0.05) is 13.3 Å². The molecule has 3 unspecified atom stereocenters. The fourth-order valence-electron chi connectivity index (χ4n) is 3.01. The number of carboxylic acid groups (broad SMARTS) is 1. The molecule has 2 rings (SSSR count). The average molecular weight is 296 g/mol. The van der Waals surface area contributed by atoms with Crippen LogP contribution < -0.4 is 0 Å². The molecule has 0 aromatic carbocycles. The first-order chi connectivity index (χ1) is 9.47. The lowest BCUT2D eigenvalue weighted by Gasteiger charge is -2.40. The van der Waals surface area contributed by atoms with Crippen LogP contribution in [0.2, 0.25) is 0 Å². The normalized spacial score (nSPS) is 25.6. The number of carbonyl (C=O) groups is 1. The quantitative estimate of drug-likeness (QED) is 0.907. The molecule has 3 atom stereocenters.